The number of fused-ring (bicyclic) bond motifs is 1. The minimum atomic E-state index is -0.282. The average molecular weight is 412 g/mol. The molecule has 3 aromatic carbocycles. The zero-order chi connectivity index (χ0) is 21.6. The van der Waals surface area contributed by atoms with Crippen LogP contribution in [0.3, 0.4) is 0 Å². The van der Waals surface area contributed by atoms with Crippen LogP contribution < -0.4 is 10.6 Å². The molecule has 0 aliphatic carbocycles. The Kier molecular flexibility index (Phi) is 6.08. The number of amides is 2. The molecule has 0 radical (unpaired) electrons. The zero-order valence-corrected chi connectivity index (χ0v) is 17.3. The van der Waals surface area contributed by atoms with E-state index in [9.17, 15) is 9.59 Å². The molecule has 0 atom stereocenters. The van der Waals surface area contributed by atoms with E-state index in [0.29, 0.717) is 12.1 Å². The largest absolute Gasteiger partial charge is 0.347 e. The highest BCUT2D eigenvalue weighted by Crippen LogP contribution is 2.19. The first-order valence-corrected chi connectivity index (χ1v) is 10.3. The molecule has 156 valence electrons. The molecule has 0 bridgehead atoms. The van der Waals surface area contributed by atoms with Crippen molar-refractivity contribution >= 4 is 22.8 Å². The second-order valence-corrected chi connectivity index (χ2v) is 7.16. The van der Waals surface area contributed by atoms with Gasteiger partial charge >= 0.3 is 0 Å². The molecule has 0 spiro atoms. The van der Waals surface area contributed by atoms with Crippen LogP contribution in [0.5, 0.6) is 0 Å². The number of hydrogen-bond donors (Lipinski definition) is 2. The van der Waals surface area contributed by atoms with E-state index in [2.05, 4.69) is 20.2 Å². The highest BCUT2D eigenvalue weighted by atomic mass is 16.2. The number of imidazole rings is 1. The Bertz CT molecular complexity index is 1200. The van der Waals surface area contributed by atoms with Crippen LogP contribution in [0, 0.1) is 0 Å². The van der Waals surface area contributed by atoms with Gasteiger partial charge in [-0.2, -0.15) is 0 Å². The van der Waals surface area contributed by atoms with Crippen LogP contribution in [0.25, 0.3) is 22.2 Å². The van der Waals surface area contributed by atoms with E-state index < -0.39 is 0 Å². The van der Waals surface area contributed by atoms with E-state index >= 15 is 0 Å². The summed E-state index contributed by atoms with van der Waals surface area (Å²) in [6.07, 6.45) is 0. The summed E-state index contributed by atoms with van der Waals surface area (Å²) in [5.74, 6) is 0.249. The third kappa shape index (κ3) is 4.64. The van der Waals surface area contributed by atoms with Crippen LogP contribution in [0.2, 0.25) is 0 Å². The van der Waals surface area contributed by atoms with E-state index in [4.69, 9.17) is 0 Å². The molecular formula is C25H24N4O2. The van der Waals surface area contributed by atoms with Crippen LogP contribution in [-0.2, 0) is 17.9 Å². The fourth-order valence-electron chi connectivity index (χ4n) is 3.56. The van der Waals surface area contributed by atoms with Gasteiger partial charge in [0.05, 0.1) is 24.1 Å². The summed E-state index contributed by atoms with van der Waals surface area (Å²) >= 11 is 0. The van der Waals surface area contributed by atoms with E-state index in [-0.39, 0.29) is 18.4 Å². The maximum atomic E-state index is 12.4. The Morgan fingerprint density at radius 1 is 0.839 bits per heavy atom. The quantitative estimate of drug-likeness (QED) is 0.485. The number of carbonyl (C=O) groups is 2. The molecular weight excluding hydrogens is 388 g/mol. The van der Waals surface area contributed by atoms with Crippen LogP contribution >= 0.6 is 0 Å². The van der Waals surface area contributed by atoms with Gasteiger partial charge in [-0.1, -0.05) is 54.6 Å². The monoisotopic (exact) mass is 412 g/mol. The zero-order valence-electron chi connectivity index (χ0n) is 17.3. The highest BCUT2D eigenvalue weighted by molar-refractivity contribution is 5.96. The minimum absolute atomic E-state index is 0.0916. The summed E-state index contributed by atoms with van der Waals surface area (Å²) in [6.45, 7) is 3.03. The van der Waals surface area contributed by atoms with Crippen molar-refractivity contribution in [2.45, 2.75) is 20.0 Å². The first-order valence-electron chi connectivity index (χ1n) is 10.3. The van der Waals surface area contributed by atoms with Gasteiger partial charge in [-0.3, -0.25) is 9.59 Å². The van der Waals surface area contributed by atoms with E-state index in [1.165, 1.54) is 0 Å². The molecule has 6 nitrogen and oxygen atoms in total. The van der Waals surface area contributed by atoms with Gasteiger partial charge in [-0.15, -0.1) is 0 Å². The summed E-state index contributed by atoms with van der Waals surface area (Å²) in [5.41, 5.74) is 4.59. The Morgan fingerprint density at radius 3 is 2.26 bits per heavy atom. The summed E-state index contributed by atoms with van der Waals surface area (Å²) in [7, 11) is 0. The number of carbonyl (C=O) groups excluding carboxylic acids is 2. The van der Waals surface area contributed by atoms with Crippen molar-refractivity contribution < 1.29 is 9.59 Å². The summed E-state index contributed by atoms with van der Waals surface area (Å²) in [5, 5.41) is 5.51. The standard InChI is InChI=1S/C25H24N4O2/c1-2-29-22-11-7-6-10-21(22)28-23(29)16-26-24(30)17-27-25(31)20-14-12-19(13-15-20)18-8-4-3-5-9-18/h3-15H,2,16-17H2,1H3,(H,26,30)(H,27,31). The molecule has 0 saturated heterocycles. The molecule has 2 amide bonds. The molecule has 0 aliphatic heterocycles. The molecule has 1 aromatic heterocycles. The van der Waals surface area contributed by atoms with Crippen molar-refractivity contribution in [1.82, 2.24) is 20.2 Å². The second kappa shape index (κ2) is 9.26. The van der Waals surface area contributed by atoms with Gasteiger partial charge in [-0.05, 0) is 42.3 Å². The number of para-hydroxylation sites is 2. The number of benzene rings is 3. The minimum Gasteiger partial charge on any atom is -0.347 e. The van der Waals surface area contributed by atoms with Gasteiger partial charge in [0.1, 0.15) is 5.82 Å². The third-order valence-corrected chi connectivity index (χ3v) is 5.16. The average Bonchev–Trinajstić information content (AvgIpc) is 3.19. The van der Waals surface area contributed by atoms with Gasteiger partial charge < -0.3 is 15.2 Å². The lowest BCUT2D eigenvalue weighted by atomic mass is 10.0. The van der Waals surface area contributed by atoms with Crippen LogP contribution in [0.1, 0.15) is 23.1 Å². The van der Waals surface area contributed by atoms with Crippen LogP contribution in [0.15, 0.2) is 78.9 Å². The number of aromatic nitrogens is 2. The van der Waals surface area contributed by atoms with Gasteiger partial charge in [0.25, 0.3) is 5.91 Å². The van der Waals surface area contributed by atoms with E-state index in [1.54, 1.807) is 12.1 Å². The summed E-state index contributed by atoms with van der Waals surface area (Å²) < 4.78 is 2.07. The van der Waals surface area contributed by atoms with Crippen LogP contribution in [-0.4, -0.2) is 27.9 Å². The summed E-state index contributed by atoms with van der Waals surface area (Å²) in [6, 6.07) is 25.2. The smallest absolute Gasteiger partial charge is 0.251 e. The highest BCUT2D eigenvalue weighted by Gasteiger charge is 2.12. The third-order valence-electron chi connectivity index (χ3n) is 5.16. The Hall–Kier alpha value is -3.93. The Morgan fingerprint density at radius 2 is 1.52 bits per heavy atom. The van der Waals surface area contributed by atoms with Crippen molar-refractivity contribution in [2.24, 2.45) is 0 Å². The Balaban J connectivity index is 1.31. The number of rotatable bonds is 7. The molecule has 4 rings (SSSR count). The lowest BCUT2D eigenvalue weighted by molar-refractivity contribution is -0.120. The van der Waals surface area contributed by atoms with Crippen molar-refractivity contribution in [3.63, 3.8) is 0 Å². The molecule has 0 aliphatic rings. The second-order valence-electron chi connectivity index (χ2n) is 7.16. The lowest BCUT2D eigenvalue weighted by Gasteiger charge is -2.09. The fraction of sp³-hybridized carbons (Fsp3) is 0.160. The molecule has 0 saturated carbocycles. The Labute approximate surface area is 180 Å². The number of nitrogens with zero attached hydrogens (tertiary/aromatic N) is 2. The SMILES string of the molecule is CCn1c(CNC(=O)CNC(=O)c2ccc(-c3ccccc3)cc2)nc2ccccc21. The molecule has 0 unspecified atom stereocenters. The van der Waals surface area contributed by atoms with E-state index in [0.717, 1.165) is 34.5 Å². The van der Waals surface area contributed by atoms with Gasteiger partial charge in [-0.25, -0.2) is 4.98 Å². The van der Waals surface area contributed by atoms with Gasteiger partial charge in [0.2, 0.25) is 5.91 Å². The molecule has 1 heterocycles. The predicted molar refractivity (Wildman–Crippen MR) is 121 cm³/mol. The summed E-state index contributed by atoms with van der Waals surface area (Å²) in [4.78, 5) is 29.2. The van der Waals surface area contributed by atoms with Crippen LogP contribution in [0.4, 0.5) is 0 Å². The number of aryl methyl sites for hydroxylation is 1. The van der Waals surface area contributed by atoms with Crippen molar-refractivity contribution in [2.75, 3.05) is 6.54 Å². The lowest BCUT2D eigenvalue weighted by Crippen LogP contribution is -2.37. The fourth-order valence-corrected chi connectivity index (χ4v) is 3.56. The van der Waals surface area contributed by atoms with Crippen molar-refractivity contribution in [1.29, 1.82) is 0 Å². The normalized spacial score (nSPS) is 10.7. The maximum absolute atomic E-state index is 12.4. The topological polar surface area (TPSA) is 76.0 Å². The molecule has 4 aromatic rings. The molecule has 2 N–H and O–H groups in total. The van der Waals surface area contributed by atoms with Crippen molar-refractivity contribution in [3.8, 4) is 11.1 Å². The molecule has 31 heavy (non-hydrogen) atoms. The number of nitrogens with one attached hydrogen (secondary N) is 2. The maximum Gasteiger partial charge on any atom is 0.251 e. The first kappa shape index (κ1) is 20.3. The van der Waals surface area contributed by atoms with E-state index in [1.807, 2.05) is 73.7 Å². The first-order chi connectivity index (χ1) is 15.2. The predicted octanol–water partition coefficient (Wildman–Crippen LogP) is 3.77. The van der Waals surface area contributed by atoms with Gasteiger partial charge in [0, 0.05) is 12.1 Å². The molecule has 6 heteroatoms. The van der Waals surface area contributed by atoms with Gasteiger partial charge in [0.15, 0.2) is 0 Å². The molecule has 0 fully saturated rings. The van der Waals surface area contributed by atoms with Crippen molar-refractivity contribution in [3.05, 3.63) is 90.3 Å². The number of hydrogen-bond acceptors (Lipinski definition) is 3.